The molecule has 1 fully saturated rings. The first-order chi connectivity index (χ1) is 10.1. The van der Waals surface area contributed by atoms with E-state index in [4.69, 9.17) is 16.3 Å². The number of nitrogens with zero attached hydrogens (tertiary/aromatic N) is 4. The Kier molecular flexibility index (Phi) is 4.26. The SMILES string of the molecule is Cc1cnc(OC2CCN(c3ncc(Br)cc3Cl)C2)nc1. The van der Waals surface area contributed by atoms with Gasteiger partial charge in [0.15, 0.2) is 0 Å². The maximum Gasteiger partial charge on any atom is 0.316 e. The van der Waals surface area contributed by atoms with Crippen molar-refractivity contribution < 1.29 is 4.74 Å². The van der Waals surface area contributed by atoms with E-state index in [1.165, 1.54) is 0 Å². The largest absolute Gasteiger partial charge is 0.458 e. The molecular weight excluding hydrogens is 356 g/mol. The Bertz CT molecular complexity index is 637. The smallest absolute Gasteiger partial charge is 0.316 e. The van der Waals surface area contributed by atoms with Crippen molar-refractivity contribution in [3.63, 3.8) is 0 Å². The summed E-state index contributed by atoms with van der Waals surface area (Å²) in [6.07, 6.45) is 6.20. The van der Waals surface area contributed by atoms with Gasteiger partial charge in [0.25, 0.3) is 0 Å². The van der Waals surface area contributed by atoms with Crippen molar-refractivity contribution in [2.45, 2.75) is 19.4 Å². The number of halogens is 2. The lowest BCUT2D eigenvalue weighted by Crippen LogP contribution is -2.25. The number of hydrogen-bond acceptors (Lipinski definition) is 5. The Balaban J connectivity index is 1.66. The Labute approximate surface area is 136 Å². The molecule has 1 saturated heterocycles. The molecule has 7 heteroatoms. The summed E-state index contributed by atoms with van der Waals surface area (Å²) in [5.41, 5.74) is 1.02. The highest BCUT2D eigenvalue weighted by Gasteiger charge is 2.27. The van der Waals surface area contributed by atoms with Crippen LogP contribution in [0.25, 0.3) is 0 Å². The number of aromatic nitrogens is 3. The lowest BCUT2D eigenvalue weighted by Gasteiger charge is -2.18. The third-order valence-electron chi connectivity index (χ3n) is 3.26. The molecule has 2 aromatic heterocycles. The molecular formula is C14H14BrClN4O. The summed E-state index contributed by atoms with van der Waals surface area (Å²) < 4.78 is 6.67. The van der Waals surface area contributed by atoms with Crippen LogP contribution in [0, 0.1) is 6.92 Å². The molecule has 110 valence electrons. The minimum atomic E-state index is 0.0502. The highest BCUT2D eigenvalue weighted by molar-refractivity contribution is 9.10. The number of hydrogen-bond donors (Lipinski definition) is 0. The van der Waals surface area contributed by atoms with Crippen LogP contribution in [0.2, 0.25) is 5.02 Å². The first-order valence-corrected chi connectivity index (χ1v) is 7.80. The molecule has 1 atom stereocenters. The monoisotopic (exact) mass is 368 g/mol. The number of ether oxygens (including phenoxy) is 1. The van der Waals surface area contributed by atoms with Gasteiger partial charge in [0, 0.05) is 36.0 Å². The minimum Gasteiger partial charge on any atom is -0.458 e. The van der Waals surface area contributed by atoms with Gasteiger partial charge in [0.2, 0.25) is 0 Å². The fraction of sp³-hybridized carbons (Fsp3) is 0.357. The van der Waals surface area contributed by atoms with Gasteiger partial charge in [-0.05, 0) is 34.5 Å². The molecule has 5 nitrogen and oxygen atoms in total. The van der Waals surface area contributed by atoms with Crippen molar-refractivity contribution in [3.05, 3.63) is 39.7 Å². The fourth-order valence-electron chi connectivity index (χ4n) is 2.25. The van der Waals surface area contributed by atoms with Crippen molar-refractivity contribution in [1.29, 1.82) is 0 Å². The first kappa shape index (κ1) is 14.5. The van der Waals surface area contributed by atoms with Crippen LogP contribution < -0.4 is 9.64 Å². The van der Waals surface area contributed by atoms with Crippen molar-refractivity contribution in [3.8, 4) is 6.01 Å². The van der Waals surface area contributed by atoms with Crippen molar-refractivity contribution in [2.75, 3.05) is 18.0 Å². The quantitative estimate of drug-likeness (QED) is 0.831. The molecule has 3 heterocycles. The molecule has 0 amide bonds. The van der Waals surface area contributed by atoms with E-state index in [-0.39, 0.29) is 6.10 Å². The Morgan fingerprint density at radius 3 is 2.76 bits per heavy atom. The van der Waals surface area contributed by atoms with Gasteiger partial charge in [0.1, 0.15) is 11.9 Å². The number of aryl methyl sites for hydroxylation is 1. The highest BCUT2D eigenvalue weighted by atomic mass is 79.9. The summed E-state index contributed by atoms with van der Waals surface area (Å²) in [6.45, 7) is 3.53. The van der Waals surface area contributed by atoms with Crippen LogP contribution >= 0.6 is 27.5 Å². The van der Waals surface area contributed by atoms with E-state index >= 15 is 0 Å². The molecule has 1 aliphatic rings. The molecule has 21 heavy (non-hydrogen) atoms. The Morgan fingerprint density at radius 2 is 2.05 bits per heavy atom. The Hall–Kier alpha value is -1.40. The summed E-state index contributed by atoms with van der Waals surface area (Å²) in [7, 11) is 0. The fourth-order valence-corrected chi connectivity index (χ4v) is 3.00. The number of anilines is 1. The molecule has 0 N–H and O–H groups in total. The van der Waals surface area contributed by atoms with E-state index in [9.17, 15) is 0 Å². The standard InChI is InChI=1S/C14H14BrClN4O/c1-9-5-18-14(19-6-9)21-11-2-3-20(8-11)13-12(16)4-10(15)7-17-13/h4-7,11H,2-3,8H2,1H3. The summed E-state index contributed by atoms with van der Waals surface area (Å²) >= 11 is 9.60. The van der Waals surface area contributed by atoms with E-state index in [0.717, 1.165) is 35.4 Å². The number of rotatable bonds is 3. The molecule has 0 aliphatic carbocycles. The predicted molar refractivity (Wildman–Crippen MR) is 85.0 cm³/mol. The summed E-state index contributed by atoms with van der Waals surface area (Å²) in [5, 5.41) is 0.636. The zero-order valence-corrected chi connectivity index (χ0v) is 13.8. The second-order valence-corrected chi connectivity index (χ2v) is 6.30. The molecule has 1 unspecified atom stereocenters. The third kappa shape index (κ3) is 3.44. The zero-order valence-electron chi connectivity index (χ0n) is 11.5. The molecule has 2 aromatic rings. The third-order valence-corrected chi connectivity index (χ3v) is 3.97. The molecule has 1 aliphatic heterocycles. The maximum atomic E-state index is 6.24. The predicted octanol–water partition coefficient (Wildman–Crippen LogP) is 3.25. The van der Waals surface area contributed by atoms with Gasteiger partial charge in [-0.1, -0.05) is 11.6 Å². The van der Waals surface area contributed by atoms with Crippen LogP contribution in [-0.2, 0) is 0 Å². The van der Waals surface area contributed by atoms with Gasteiger partial charge in [-0.15, -0.1) is 0 Å². The Morgan fingerprint density at radius 1 is 1.29 bits per heavy atom. The van der Waals surface area contributed by atoms with Gasteiger partial charge < -0.3 is 9.64 Å². The van der Waals surface area contributed by atoms with Gasteiger partial charge >= 0.3 is 6.01 Å². The normalized spacial score (nSPS) is 18.0. The molecule has 0 aromatic carbocycles. The lowest BCUT2D eigenvalue weighted by molar-refractivity contribution is 0.206. The van der Waals surface area contributed by atoms with Crippen LogP contribution in [0.4, 0.5) is 5.82 Å². The van der Waals surface area contributed by atoms with Crippen LogP contribution in [0.1, 0.15) is 12.0 Å². The highest BCUT2D eigenvalue weighted by Crippen LogP contribution is 2.29. The molecule has 0 saturated carbocycles. The zero-order chi connectivity index (χ0) is 14.8. The second kappa shape index (κ2) is 6.15. The van der Waals surface area contributed by atoms with E-state index in [0.29, 0.717) is 11.0 Å². The summed E-state index contributed by atoms with van der Waals surface area (Å²) in [5.74, 6) is 0.788. The average molecular weight is 370 g/mol. The van der Waals surface area contributed by atoms with Gasteiger partial charge in [-0.2, -0.15) is 0 Å². The topological polar surface area (TPSA) is 51.1 Å². The van der Waals surface area contributed by atoms with Gasteiger partial charge in [0.05, 0.1) is 11.6 Å². The minimum absolute atomic E-state index is 0.0502. The van der Waals surface area contributed by atoms with Crippen LogP contribution in [-0.4, -0.2) is 34.1 Å². The van der Waals surface area contributed by atoms with E-state index < -0.39 is 0 Å². The van der Waals surface area contributed by atoms with Gasteiger partial charge in [-0.3, -0.25) is 0 Å². The number of pyridine rings is 1. The lowest BCUT2D eigenvalue weighted by atomic mass is 10.3. The maximum absolute atomic E-state index is 6.24. The van der Waals surface area contributed by atoms with E-state index in [1.807, 2.05) is 13.0 Å². The molecule has 0 radical (unpaired) electrons. The van der Waals surface area contributed by atoms with Crippen LogP contribution in [0.3, 0.4) is 0 Å². The van der Waals surface area contributed by atoms with Crippen molar-refractivity contribution >= 4 is 33.3 Å². The molecule has 3 rings (SSSR count). The summed E-state index contributed by atoms with van der Waals surface area (Å²) in [6, 6.07) is 2.27. The first-order valence-electron chi connectivity index (χ1n) is 6.63. The van der Waals surface area contributed by atoms with Crippen molar-refractivity contribution in [1.82, 2.24) is 15.0 Å². The summed E-state index contributed by atoms with van der Waals surface area (Å²) in [4.78, 5) is 14.8. The second-order valence-electron chi connectivity index (χ2n) is 4.98. The van der Waals surface area contributed by atoms with Crippen LogP contribution in [0.5, 0.6) is 6.01 Å². The molecule has 0 spiro atoms. The van der Waals surface area contributed by atoms with Crippen LogP contribution in [0.15, 0.2) is 29.1 Å². The van der Waals surface area contributed by atoms with E-state index in [1.54, 1.807) is 18.6 Å². The molecule has 0 bridgehead atoms. The van der Waals surface area contributed by atoms with E-state index in [2.05, 4.69) is 35.8 Å². The van der Waals surface area contributed by atoms with Gasteiger partial charge in [-0.25, -0.2) is 15.0 Å². The van der Waals surface area contributed by atoms with Crippen molar-refractivity contribution in [2.24, 2.45) is 0 Å². The average Bonchev–Trinajstić information content (AvgIpc) is 2.90.